The van der Waals surface area contributed by atoms with Crippen LogP contribution in [0.2, 0.25) is 0 Å². The summed E-state index contributed by atoms with van der Waals surface area (Å²) in [6.07, 6.45) is 2.97. The van der Waals surface area contributed by atoms with Gasteiger partial charge in [-0.2, -0.15) is 0 Å². The molecule has 104 valence electrons. The Bertz CT molecular complexity index is 475. The molecule has 1 aromatic rings. The summed E-state index contributed by atoms with van der Waals surface area (Å²) in [7, 11) is 0. The molecule has 0 radical (unpaired) electrons. The number of hydrogen-bond acceptors (Lipinski definition) is 3. The molecule has 0 aliphatic carbocycles. The molecule has 0 amide bonds. The van der Waals surface area contributed by atoms with Gasteiger partial charge in [-0.3, -0.25) is 0 Å². The molecule has 5 heteroatoms. The summed E-state index contributed by atoms with van der Waals surface area (Å²) >= 11 is 3.29. The lowest BCUT2D eigenvalue weighted by Gasteiger charge is -2.25. The maximum absolute atomic E-state index is 14.3. The van der Waals surface area contributed by atoms with Gasteiger partial charge >= 0.3 is 0 Å². The van der Waals surface area contributed by atoms with E-state index >= 15 is 0 Å². The molecule has 19 heavy (non-hydrogen) atoms. The van der Waals surface area contributed by atoms with Crippen molar-refractivity contribution in [2.75, 3.05) is 26.3 Å². The van der Waals surface area contributed by atoms with Crippen molar-refractivity contribution in [3.05, 3.63) is 21.9 Å². The zero-order chi connectivity index (χ0) is 13.2. The van der Waals surface area contributed by atoms with Gasteiger partial charge in [0.15, 0.2) is 11.5 Å². The van der Waals surface area contributed by atoms with E-state index in [9.17, 15) is 4.39 Å². The van der Waals surface area contributed by atoms with Gasteiger partial charge in [-0.15, -0.1) is 0 Å². The van der Waals surface area contributed by atoms with Crippen LogP contribution in [-0.2, 0) is 6.42 Å². The third-order valence-electron chi connectivity index (χ3n) is 3.76. The molecule has 2 aliphatic rings. The van der Waals surface area contributed by atoms with Crippen molar-refractivity contribution in [3.63, 3.8) is 0 Å². The van der Waals surface area contributed by atoms with Crippen molar-refractivity contribution in [2.24, 2.45) is 5.92 Å². The van der Waals surface area contributed by atoms with Crippen LogP contribution >= 0.6 is 15.9 Å². The molecule has 1 fully saturated rings. The third-order valence-corrected chi connectivity index (χ3v) is 4.47. The summed E-state index contributed by atoms with van der Waals surface area (Å²) < 4.78 is 25.8. The van der Waals surface area contributed by atoms with E-state index in [4.69, 9.17) is 9.47 Å². The van der Waals surface area contributed by atoms with Crippen LogP contribution in [0, 0.1) is 11.7 Å². The number of rotatable bonds is 2. The summed E-state index contributed by atoms with van der Waals surface area (Å²) in [6, 6.07) is 1.80. The summed E-state index contributed by atoms with van der Waals surface area (Å²) in [5, 5.41) is 3.33. The van der Waals surface area contributed by atoms with Crippen LogP contribution in [0.25, 0.3) is 0 Å². The van der Waals surface area contributed by atoms with Crippen LogP contribution in [-0.4, -0.2) is 26.3 Å². The van der Waals surface area contributed by atoms with E-state index in [-0.39, 0.29) is 5.82 Å². The van der Waals surface area contributed by atoms with E-state index in [2.05, 4.69) is 21.2 Å². The molecule has 1 aromatic carbocycles. The second-order valence-electron chi connectivity index (χ2n) is 5.09. The highest BCUT2D eigenvalue weighted by atomic mass is 79.9. The lowest BCUT2D eigenvalue weighted by molar-refractivity contribution is 0.169. The van der Waals surface area contributed by atoms with Crippen LogP contribution in [0.3, 0.4) is 0 Å². The minimum Gasteiger partial charge on any atom is -0.486 e. The summed E-state index contributed by atoms with van der Waals surface area (Å²) in [6.45, 7) is 3.05. The van der Waals surface area contributed by atoms with E-state index in [1.807, 2.05) is 0 Å². The molecule has 1 saturated heterocycles. The largest absolute Gasteiger partial charge is 0.486 e. The molecule has 0 unspecified atom stereocenters. The lowest BCUT2D eigenvalue weighted by Crippen LogP contribution is -2.29. The molecule has 3 nitrogen and oxygen atoms in total. The monoisotopic (exact) mass is 329 g/mol. The van der Waals surface area contributed by atoms with Gasteiger partial charge in [0.05, 0.1) is 4.47 Å². The van der Waals surface area contributed by atoms with Gasteiger partial charge < -0.3 is 14.8 Å². The fraction of sp³-hybridized carbons (Fsp3) is 0.571. The molecular weight excluding hydrogens is 313 g/mol. The van der Waals surface area contributed by atoms with Gasteiger partial charge in [-0.1, -0.05) is 0 Å². The molecule has 0 aromatic heterocycles. The van der Waals surface area contributed by atoms with E-state index in [1.54, 1.807) is 6.07 Å². The highest BCUT2D eigenvalue weighted by Gasteiger charge is 2.23. The normalized spacial score (nSPS) is 19.5. The molecule has 0 saturated carbocycles. The zero-order valence-corrected chi connectivity index (χ0v) is 12.3. The first-order valence-corrected chi connectivity index (χ1v) is 7.52. The Hall–Kier alpha value is -0.810. The topological polar surface area (TPSA) is 30.5 Å². The third kappa shape index (κ3) is 2.72. The molecule has 2 aliphatic heterocycles. The first kappa shape index (κ1) is 13.2. The maximum atomic E-state index is 14.3. The minimum absolute atomic E-state index is 0.206. The van der Waals surface area contributed by atoms with Crippen LogP contribution in [0.1, 0.15) is 18.4 Å². The van der Waals surface area contributed by atoms with E-state index in [1.165, 1.54) is 0 Å². The van der Waals surface area contributed by atoms with Gasteiger partial charge in [0.2, 0.25) is 0 Å². The fourth-order valence-corrected chi connectivity index (χ4v) is 3.28. The van der Waals surface area contributed by atoms with Crippen LogP contribution in [0.4, 0.5) is 4.39 Å². The molecule has 0 spiro atoms. The molecule has 0 atom stereocenters. The predicted octanol–water partition coefficient (Wildman–Crippen LogP) is 2.90. The van der Waals surface area contributed by atoms with Crippen LogP contribution < -0.4 is 14.8 Å². The number of ether oxygens (including phenoxy) is 2. The van der Waals surface area contributed by atoms with Crippen LogP contribution in [0.15, 0.2) is 10.5 Å². The van der Waals surface area contributed by atoms with Gasteiger partial charge in [0.1, 0.15) is 19.0 Å². The first-order valence-electron chi connectivity index (χ1n) is 6.73. The highest BCUT2D eigenvalue weighted by molar-refractivity contribution is 9.10. The SMILES string of the molecule is Fc1c(CC2CCNCC2)cc2c(c1Br)OCCO2. The molecule has 2 heterocycles. The number of fused-ring (bicyclic) bond motifs is 1. The minimum atomic E-state index is -0.206. The van der Waals surface area contributed by atoms with Crippen molar-refractivity contribution >= 4 is 15.9 Å². The number of benzene rings is 1. The van der Waals surface area contributed by atoms with Crippen LogP contribution in [0.5, 0.6) is 11.5 Å². The van der Waals surface area contributed by atoms with E-state index < -0.39 is 0 Å². The Balaban J connectivity index is 1.86. The molecule has 0 bridgehead atoms. The smallest absolute Gasteiger partial charge is 0.178 e. The standard InChI is InChI=1S/C14H17BrFNO2/c15-12-13(16)10(7-9-1-3-17-4-2-9)8-11-14(12)19-6-5-18-11/h8-9,17H,1-7H2. The van der Waals surface area contributed by atoms with Crippen molar-refractivity contribution in [3.8, 4) is 11.5 Å². The van der Waals surface area contributed by atoms with E-state index in [0.29, 0.717) is 35.1 Å². The summed E-state index contributed by atoms with van der Waals surface area (Å²) in [5.74, 6) is 1.49. The Labute approximate surface area is 120 Å². The Morgan fingerprint density at radius 3 is 2.79 bits per heavy atom. The number of piperidine rings is 1. The number of halogens is 2. The van der Waals surface area contributed by atoms with Crippen molar-refractivity contribution in [1.82, 2.24) is 5.32 Å². The zero-order valence-electron chi connectivity index (χ0n) is 10.7. The van der Waals surface area contributed by atoms with Crippen molar-refractivity contribution < 1.29 is 13.9 Å². The second-order valence-corrected chi connectivity index (χ2v) is 5.88. The fourth-order valence-electron chi connectivity index (χ4n) is 2.72. The number of nitrogens with one attached hydrogen (secondary N) is 1. The predicted molar refractivity (Wildman–Crippen MR) is 74.4 cm³/mol. The second kappa shape index (κ2) is 5.67. The Morgan fingerprint density at radius 2 is 2.00 bits per heavy atom. The van der Waals surface area contributed by atoms with Gasteiger partial charge in [0, 0.05) is 0 Å². The first-order chi connectivity index (χ1) is 9.25. The highest BCUT2D eigenvalue weighted by Crippen LogP contribution is 2.41. The van der Waals surface area contributed by atoms with Crippen molar-refractivity contribution in [2.45, 2.75) is 19.3 Å². The lowest BCUT2D eigenvalue weighted by atomic mass is 9.90. The maximum Gasteiger partial charge on any atom is 0.178 e. The van der Waals surface area contributed by atoms with Gasteiger partial charge in [0.25, 0.3) is 0 Å². The molecular formula is C14H17BrFNO2. The van der Waals surface area contributed by atoms with Crippen molar-refractivity contribution in [1.29, 1.82) is 0 Å². The molecule has 1 N–H and O–H groups in total. The Morgan fingerprint density at radius 1 is 1.26 bits per heavy atom. The average Bonchev–Trinajstić information content (AvgIpc) is 2.46. The summed E-state index contributed by atoms with van der Waals surface area (Å²) in [4.78, 5) is 0. The molecule has 3 rings (SSSR count). The van der Waals surface area contributed by atoms with Gasteiger partial charge in [-0.25, -0.2) is 4.39 Å². The Kier molecular flexibility index (Phi) is 3.93. The summed E-state index contributed by atoms with van der Waals surface area (Å²) in [5.41, 5.74) is 0.725. The average molecular weight is 330 g/mol. The quantitative estimate of drug-likeness (QED) is 0.905. The van der Waals surface area contributed by atoms with Gasteiger partial charge in [-0.05, 0) is 65.8 Å². The number of hydrogen-bond donors (Lipinski definition) is 1. The van der Waals surface area contributed by atoms with E-state index in [0.717, 1.165) is 37.9 Å².